The average molecular weight is 249 g/mol. The summed E-state index contributed by atoms with van der Waals surface area (Å²) < 4.78 is 26.2. The standard InChI is InChI=1S/C7H7NO2S2.CH4S/c1-12(9,10)8-6-4-5-2-3-7(6)11-5;1-2/h2-4,8H,1H3;2H,1H3. The number of thiol groups is 1. The van der Waals surface area contributed by atoms with Gasteiger partial charge in [0.05, 0.1) is 16.6 Å². The maximum Gasteiger partial charge on any atom is 0.229 e. The van der Waals surface area contributed by atoms with Gasteiger partial charge >= 0.3 is 0 Å². The molecule has 2 rings (SSSR count). The van der Waals surface area contributed by atoms with Crippen molar-refractivity contribution in [3.63, 3.8) is 0 Å². The largest absolute Gasteiger partial charge is 0.282 e. The molecule has 2 bridgehead atoms. The van der Waals surface area contributed by atoms with E-state index in [9.17, 15) is 8.42 Å². The Hall–Kier alpha value is -0.460. The van der Waals surface area contributed by atoms with Gasteiger partial charge in [-0.05, 0) is 24.5 Å². The molecule has 0 unspecified atom stereocenters. The normalized spacial score (nSPS) is 11.1. The van der Waals surface area contributed by atoms with Crippen LogP contribution < -0.4 is 4.72 Å². The summed E-state index contributed by atoms with van der Waals surface area (Å²) in [4.78, 5) is 0. The van der Waals surface area contributed by atoms with Crippen molar-refractivity contribution in [2.75, 3.05) is 17.2 Å². The van der Waals surface area contributed by atoms with Gasteiger partial charge in [0.25, 0.3) is 0 Å². The molecule has 0 radical (unpaired) electrons. The number of benzene rings is 1. The molecule has 14 heavy (non-hydrogen) atoms. The van der Waals surface area contributed by atoms with Gasteiger partial charge in [-0.1, -0.05) is 0 Å². The summed E-state index contributed by atoms with van der Waals surface area (Å²) >= 11 is 5.11. The van der Waals surface area contributed by atoms with Crippen LogP contribution in [0, 0.1) is 0 Å². The van der Waals surface area contributed by atoms with E-state index in [-0.39, 0.29) is 0 Å². The molecule has 0 saturated carbocycles. The molecule has 0 aromatic carbocycles. The van der Waals surface area contributed by atoms with Crippen LogP contribution in [0.15, 0.2) is 18.2 Å². The summed E-state index contributed by atoms with van der Waals surface area (Å²) in [6, 6.07) is 5.71. The van der Waals surface area contributed by atoms with Gasteiger partial charge in [0, 0.05) is 4.70 Å². The monoisotopic (exact) mass is 249 g/mol. The highest BCUT2D eigenvalue weighted by molar-refractivity contribution is 7.92. The van der Waals surface area contributed by atoms with Gasteiger partial charge < -0.3 is 0 Å². The lowest BCUT2D eigenvalue weighted by molar-refractivity contribution is 0.607. The quantitative estimate of drug-likeness (QED) is 0.802. The highest BCUT2D eigenvalue weighted by atomic mass is 32.2. The second kappa shape index (κ2) is 4.37. The number of hydrogen-bond acceptors (Lipinski definition) is 4. The Morgan fingerprint density at radius 3 is 2.36 bits per heavy atom. The molecule has 78 valence electrons. The van der Waals surface area contributed by atoms with Crippen LogP contribution in [0.1, 0.15) is 0 Å². The first kappa shape index (κ1) is 11.6. The smallest absolute Gasteiger partial charge is 0.229 e. The zero-order chi connectivity index (χ0) is 10.8. The zero-order valence-corrected chi connectivity index (χ0v) is 10.3. The maximum absolute atomic E-state index is 10.9. The van der Waals surface area contributed by atoms with Crippen molar-refractivity contribution in [2.24, 2.45) is 0 Å². The van der Waals surface area contributed by atoms with Gasteiger partial charge in [-0.2, -0.15) is 12.6 Å². The van der Waals surface area contributed by atoms with Gasteiger partial charge in [0.1, 0.15) is 0 Å². The number of fused-ring (bicyclic) bond motifs is 2. The van der Waals surface area contributed by atoms with E-state index in [1.807, 2.05) is 18.2 Å². The summed E-state index contributed by atoms with van der Waals surface area (Å²) in [5.41, 5.74) is 0.694. The van der Waals surface area contributed by atoms with E-state index in [0.717, 1.165) is 15.7 Å². The fourth-order valence-electron chi connectivity index (χ4n) is 1.07. The lowest BCUT2D eigenvalue weighted by Crippen LogP contribution is -2.08. The Kier molecular flexibility index (Phi) is 3.63. The summed E-state index contributed by atoms with van der Waals surface area (Å²) in [6.07, 6.45) is 2.85. The first-order valence-corrected chi connectivity index (χ1v) is 7.39. The Bertz CT molecular complexity index is 489. The van der Waals surface area contributed by atoms with Crippen LogP contribution in [-0.4, -0.2) is 20.9 Å². The average Bonchev–Trinajstić information content (AvgIpc) is 2.65. The Morgan fingerprint density at radius 1 is 1.36 bits per heavy atom. The topological polar surface area (TPSA) is 46.2 Å². The summed E-state index contributed by atoms with van der Waals surface area (Å²) in [7, 11) is -3.13. The van der Waals surface area contributed by atoms with E-state index >= 15 is 0 Å². The molecule has 0 aliphatic carbocycles. The van der Waals surface area contributed by atoms with Crippen molar-refractivity contribution in [1.82, 2.24) is 0 Å². The highest BCUT2D eigenvalue weighted by Crippen LogP contribution is 2.32. The second-order valence-electron chi connectivity index (χ2n) is 2.63. The van der Waals surface area contributed by atoms with Gasteiger partial charge in [-0.15, -0.1) is 11.3 Å². The lowest BCUT2D eigenvalue weighted by Gasteiger charge is -2.00. The molecule has 2 heterocycles. The number of hydrogen-bond donors (Lipinski definition) is 2. The van der Waals surface area contributed by atoms with E-state index < -0.39 is 10.0 Å². The van der Waals surface area contributed by atoms with Crippen molar-refractivity contribution in [3.8, 4) is 0 Å². The predicted octanol–water partition coefficient (Wildman–Crippen LogP) is 2.26. The van der Waals surface area contributed by atoms with Crippen LogP contribution in [-0.2, 0) is 10.0 Å². The summed E-state index contributed by atoms with van der Waals surface area (Å²) in [5.74, 6) is 0. The third-order valence-electron chi connectivity index (χ3n) is 1.47. The third kappa shape index (κ3) is 2.76. The van der Waals surface area contributed by atoms with E-state index in [2.05, 4.69) is 17.4 Å². The lowest BCUT2D eigenvalue weighted by atomic mass is 10.3. The maximum atomic E-state index is 10.9. The number of sulfonamides is 1. The van der Waals surface area contributed by atoms with Crippen molar-refractivity contribution in [2.45, 2.75) is 0 Å². The molecule has 0 fully saturated rings. The van der Waals surface area contributed by atoms with Gasteiger partial charge in [-0.3, -0.25) is 4.72 Å². The summed E-state index contributed by atoms with van der Waals surface area (Å²) in [5, 5.41) is 0. The first-order valence-electron chi connectivity index (χ1n) is 3.79. The molecule has 6 heteroatoms. The highest BCUT2D eigenvalue weighted by Gasteiger charge is 2.08. The number of anilines is 1. The molecule has 0 spiro atoms. The van der Waals surface area contributed by atoms with Gasteiger partial charge in [0.2, 0.25) is 10.0 Å². The molecule has 0 aliphatic rings. The SMILES string of the molecule is CS.CS(=O)(=O)Nc1cc2ccc1s2. The fourth-order valence-corrected chi connectivity index (χ4v) is 2.62. The van der Waals surface area contributed by atoms with Crippen LogP contribution in [0.25, 0.3) is 9.40 Å². The number of nitrogens with one attached hydrogen (secondary N) is 1. The van der Waals surface area contributed by atoms with Crippen molar-refractivity contribution < 1.29 is 8.42 Å². The van der Waals surface area contributed by atoms with Crippen molar-refractivity contribution in [1.29, 1.82) is 0 Å². The van der Waals surface area contributed by atoms with E-state index in [1.54, 1.807) is 17.6 Å². The minimum atomic E-state index is -3.13. The van der Waals surface area contributed by atoms with Crippen LogP contribution in [0.2, 0.25) is 0 Å². The minimum absolute atomic E-state index is 0.694. The van der Waals surface area contributed by atoms with E-state index in [4.69, 9.17) is 0 Å². The van der Waals surface area contributed by atoms with Gasteiger partial charge in [0.15, 0.2) is 0 Å². The van der Waals surface area contributed by atoms with Crippen molar-refractivity contribution >= 4 is 49.1 Å². The Morgan fingerprint density at radius 2 is 2.00 bits per heavy atom. The fraction of sp³-hybridized carbons (Fsp3) is 0.250. The Balaban J connectivity index is 0.000000461. The second-order valence-corrected chi connectivity index (χ2v) is 5.50. The molecule has 2 aromatic rings. The first-order chi connectivity index (χ1) is 6.54. The van der Waals surface area contributed by atoms with Crippen LogP contribution in [0.5, 0.6) is 0 Å². The predicted molar refractivity (Wildman–Crippen MR) is 66.4 cm³/mol. The molecule has 0 aliphatic heterocycles. The molecular formula is C8H11NO2S3. The van der Waals surface area contributed by atoms with Crippen LogP contribution in [0.3, 0.4) is 0 Å². The van der Waals surface area contributed by atoms with Crippen molar-refractivity contribution in [3.05, 3.63) is 18.2 Å². The van der Waals surface area contributed by atoms with Gasteiger partial charge in [-0.25, -0.2) is 8.42 Å². The number of thiophene rings is 2. The molecule has 2 aromatic heterocycles. The number of rotatable bonds is 2. The molecule has 0 amide bonds. The van der Waals surface area contributed by atoms with E-state index in [1.165, 1.54) is 0 Å². The third-order valence-corrected chi connectivity index (χ3v) is 3.13. The zero-order valence-electron chi connectivity index (χ0n) is 7.81. The van der Waals surface area contributed by atoms with Crippen LogP contribution >= 0.6 is 24.0 Å². The molecule has 1 N–H and O–H groups in total. The molecule has 0 atom stereocenters. The molecule has 3 nitrogen and oxygen atoms in total. The van der Waals surface area contributed by atoms with E-state index in [0.29, 0.717) is 5.69 Å². The molecule has 0 saturated heterocycles. The minimum Gasteiger partial charge on any atom is -0.282 e. The van der Waals surface area contributed by atoms with Crippen LogP contribution in [0.4, 0.5) is 5.69 Å². The molecular weight excluding hydrogens is 238 g/mol. The summed E-state index contributed by atoms with van der Waals surface area (Å²) in [6.45, 7) is 0. The Labute approximate surface area is 92.9 Å².